The largest absolute Gasteiger partial charge is 0.488 e. The number of ether oxygens (including phenoxy) is 2. The van der Waals surface area contributed by atoms with Crippen molar-refractivity contribution in [3.63, 3.8) is 0 Å². The van der Waals surface area contributed by atoms with Crippen molar-refractivity contribution in [2.45, 2.75) is 13.0 Å². The Bertz CT molecular complexity index is 974. The van der Waals surface area contributed by atoms with E-state index in [0.29, 0.717) is 18.7 Å². The molecule has 0 heterocycles. The van der Waals surface area contributed by atoms with Gasteiger partial charge >= 0.3 is 5.97 Å². The zero-order valence-corrected chi connectivity index (χ0v) is 16.3. The van der Waals surface area contributed by atoms with Crippen molar-refractivity contribution in [3.8, 4) is 5.75 Å². The predicted octanol–water partition coefficient (Wildman–Crippen LogP) is 3.92. The van der Waals surface area contributed by atoms with Crippen molar-refractivity contribution < 1.29 is 23.5 Å². The van der Waals surface area contributed by atoms with E-state index in [1.54, 1.807) is 36.4 Å². The van der Waals surface area contributed by atoms with Gasteiger partial charge < -0.3 is 14.8 Å². The van der Waals surface area contributed by atoms with Gasteiger partial charge in [-0.2, -0.15) is 0 Å². The Hall–Kier alpha value is -3.67. The normalized spacial score (nSPS) is 10.3. The van der Waals surface area contributed by atoms with Gasteiger partial charge in [-0.05, 0) is 41.8 Å². The Morgan fingerprint density at radius 3 is 2.30 bits per heavy atom. The second-order valence-corrected chi connectivity index (χ2v) is 6.57. The highest BCUT2D eigenvalue weighted by atomic mass is 19.1. The molecule has 3 aromatic rings. The fraction of sp³-hybridized carbons (Fsp3) is 0.167. The lowest BCUT2D eigenvalue weighted by atomic mass is 10.1. The third kappa shape index (κ3) is 6.44. The van der Waals surface area contributed by atoms with Crippen LogP contribution < -0.4 is 10.1 Å². The number of halogens is 1. The first-order chi connectivity index (χ1) is 14.6. The minimum Gasteiger partial charge on any atom is -0.488 e. The van der Waals surface area contributed by atoms with Crippen LogP contribution in [0.25, 0.3) is 0 Å². The van der Waals surface area contributed by atoms with E-state index in [1.807, 2.05) is 30.3 Å². The Morgan fingerprint density at radius 2 is 1.53 bits per heavy atom. The van der Waals surface area contributed by atoms with E-state index in [0.717, 1.165) is 11.1 Å². The summed E-state index contributed by atoms with van der Waals surface area (Å²) in [5.41, 5.74) is 2.09. The van der Waals surface area contributed by atoms with Crippen LogP contribution in [-0.4, -0.2) is 25.0 Å². The standard InChI is InChI=1S/C24H22FNO4/c25-20-12-10-19(11-13-20)16-29-22-9-5-4-8-21(22)24(28)30-17-23(27)26-15-14-18-6-2-1-3-7-18/h1-13H,14-17H2,(H,26,27). The number of hydrogen-bond donors (Lipinski definition) is 1. The second kappa shape index (κ2) is 10.8. The van der Waals surface area contributed by atoms with Crippen LogP contribution in [0.5, 0.6) is 5.75 Å². The third-order valence-electron chi connectivity index (χ3n) is 4.33. The van der Waals surface area contributed by atoms with E-state index in [9.17, 15) is 14.0 Å². The van der Waals surface area contributed by atoms with E-state index in [2.05, 4.69) is 5.32 Å². The lowest BCUT2D eigenvalue weighted by molar-refractivity contribution is -0.124. The summed E-state index contributed by atoms with van der Waals surface area (Å²) in [4.78, 5) is 24.3. The maximum absolute atomic E-state index is 13.0. The van der Waals surface area contributed by atoms with Gasteiger partial charge in [0.2, 0.25) is 0 Å². The molecule has 154 valence electrons. The topological polar surface area (TPSA) is 64.6 Å². The van der Waals surface area contributed by atoms with Crippen LogP contribution in [0.3, 0.4) is 0 Å². The van der Waals surface area contributed by atoms with Crippen LogP contribution in [0.2, 0.25) is 0 Å². The molecule has 3 aromatic carbocycles. The van der Waals surface area contributed by atoms with Crippen LogP contribution in [0.1, 0.15) is 21.5 Å². The number of amides is 1. The quantitative estimate of drug-likeness (QED) is 0.546. The molecule has 1 amide bonds. The molecule has 0 bridgehead atoms. The van der Waals surface area contributed by atoms with Crippen molar-refractivity contribution in [3.05, 3.63) is 101 Å². The molecule has 0 radical (unpaired) electrons. The van der Waals surface area contributed by atoms with Crippen LogP contribution >= 0.6 is 0 Å². The molecule has 30 heavy (non-hydrogen) atoms. The van der Waals surface area contributed by atoms with Crippen molar-refractivity contribution in [1.29, 1.82) is 0 Å². The summed E-state index contributed by atoms with van der Waals surface area (Å²) >= 11 is 0. The predicted molar refractivity (Wildman–Crippen MR) is 111 cm³/mol. The van der Waals surface area contributed by atoms with Crippen molar-refractivity contribution >= 4 is 11.9 Å². The molecule has 1 N–H and O–H groups in total. The molecular weight excluding hydrogens is 385 g/mol. The lowest BCUT2D eigenvalue weighted by Crippen LogP contribution is -2.30. The molecule has 0 aliphatic carbocycles. The first-order valence-corrected chi connectivity index (χ1v) is 9.56. The molecule has 5 nitrogen and oxygen atoms in total. The minimum absolute atomic E-state index is 0.171. The Labute approximate surface area is 174 Å². The molecule has 0 fully saturated rings. The molecule has 0 aliphatic rings. The molecule has 0 saturated carbocycles. The van der Waals surface area contributed by atoms with Gasteiger partial charge in [-0.25, -0.2) is 9.18 Å². The molecule has 0 aliphatic heterocycles. The highest BCUT2D eigenvalue weighted by Crippen LogP contribution is 2.20. The van der Waals surface area contributed by atoms with Gasteiger partial charge in [-0.3, -0.25) is 4.79 Å². The van der Waals surface area contributed by atoms with Gasteiger partial charge in [-0.15, -0.1) is 0 Å². The summed E-state index contributed by atoms with van der Waals surface area (Å²) in [5, 5.41) is 2.73. The molecule has 6 heteroatoms. The van der Waals surface area contributed by atoms with Crippen molar-refractivity contribution in [2.75, 3.05) is 13.2 Å². The van der Waals surface area contributed by atoms with E-state index < -0.39 is 5.97 Å². The molecule has 0 unspecified atom stereocenters. The van der Waals surface area contributed by atoms with E-state index >= 15 is 0 Å². The summed E-state index contributed by atoms with van der Waals surface area (Å²) in [5.74, 6) is -1.02. The zero-order chi connectivity index (χ0) is 21.2. The first kappa shape index (κ1) is 21.0. The summed E-state index contributed by atoms with van der Waals surface area (Å²) in [6.07, 6.45) is 0.695. The van der Waals surface area contributed by atoms with Crippen LogP contribution in [0.4, 0.5) is 4.39 Å². The second-order valence-electron chi connectivity index (χ2n) is 6.57. The fourth-order valence-electron chi connectivity index (χ4n) is 2.75. The monoisotopic (exact) mass is 407 g/mol. The smallest absolute Gasteiger partial charge is 0.342 e. The molecule has 3 rings (SSSR count). The van der Waals surface area contributed by atoms with Gasteiger partial charge in [0, 0.05) is 6.54 Å². The average molecular weight is 407 g/mol. The SMILES string of the molecule is O=C(COC(=O)c1ccccc1OCc1ccc(F)cc1)NCCc1ccccc1. The van der Waals surface area contributed by atoms with Gasteiger partial charge in [0.05, 0.1) is 0 Å². The van der Waals surface area contributed by atoms with Gasteiger partial charge in [-0.1, -0.05) is 54.6 Å². The van der Waals surface area contributed by atoms with Crippen LogP contribution in [-0.2, 0) is 22.6 Å². The number of carbonyl (C=O) groups is 2. The maximum Gasteiger partial charge on any atom is 0.342 e. The number of carbonyl (C=O) groups excluding carboxylic acids is 2. The number of para-hydroxylation sites is 1. The van der Waals surface area contributed by atoms with E-state index in [-0.39, 0.29) is 30.5 Å². The van der Waals surface area contributed by atoms with Crippen molar-refractivity contribution in [1.82, 2.24) is 5.32 Å². The van der Waals surface area contributed by atoms with Crippen LogP contribution in [0, 0.1) is 5.82 Å². The molecule has 0 saturated heterocycles. The average Bonchev–Trinajstić information content (AvgIpc) is 2.78. The highest BCUT2D eigenvalue weighted by Gasteiger charge is 2.15. The molecule has 0 spiro atoms. The van der Waals surface area contributed by atoms with Gasteiger partial charge in [0.25, 0.3) is 5.91 Å². The Morgan fingerprint density at radius 1 is 0.833 bits per heavy atom. The summed E-state index contributed by atoms with van der Waals surface area (Å²) in [6, 6.07) is 22.3. The zero-order valence-electron chi connectivity index (χ0n) is 16.3. The highest BCUT2D eigenvalue weighted by molar-refractivity contribution is 5.93. The Balaban J connectivity index is 1.47. The van der Waals surface area contributed by atoms with E-state index in [1.165, 1.54) is 12.1 Å². The summed E-state index contributed by atoms with van der Waals surface area (Å²) in [7, 11) is 0. The number of rotatable bonds is 9. The fourth-order valence-corrected chi connectivity index (χ4v) is 2.75. The lowest BCUT2D eigenvalue weighted by Gasteiger charge is -2.11. The number of hydrogen-bond acceptors (Lipinski definition) is 4. The molecular formula is C24H22FNO4. The molecule has 0 aromatic heterocycles. The van der Waals surface area contributed by atoms with Crippen molar-refractivity contribution in [2.24, 2.45) is 0 Å². The maximum atomic E-state index is 13.0. The summed E-state index contributed by atoms with van der Waals surface area (Å²) < 4.78 is 23.8. The van der Waals surface area contributed by atoms with Crippen LogP contribution in [0.15, 0.2) is 78.9 Å². The minimum atomic E-state index is -0.650. The summed E-state index contributed by atoms with van der Waals surface area (Å²) in [6.45, 7) is 0.252. The number of benzene rings is 3. The van der Waals surface area contributed by atoms with Gasteiger partial charge in [0.15, 0.2) is 6.61 Å². The molecule has 0 atom stereocenters. The third-order valence-corrected chi connectivity index (χ3v) is 4.33. The Kier molecular flexibility index (Phi) is 7.55. The van der Waals surface area contributed by atoms with Gasteiger partial charge in [0.1, 0.15) is 23.7 Å². The number of esters is 1. The number of nitrogens with one attached hydrogen (secondary N) is 1. The first-order valence-electron chi connectivity index (χ1n) is 9.56. The van der Waals surface area contributed by atoms with E-state index in [4.69, 9.17) is 9.47 Å².